The second-order valence-electron chi connectivity index (χ2n) is 3.00. The highest BCUT2D eigenvalue weighted by atomic mass is 31.2. The molecule has 0 bridgehead atoms. The highest BCUT2D eigenvalue weighted by Gasteiger charge is 2.17. The summed E-state index contributed by atoms with van der Waals surface area (Å²) in [5.41, 5.74) is 5.47. The van der Waals surface area contributed by atoms with Crippen molar-refractivity contribution in [3.63, 3.8) is 0 Å². The van der Waals surface area contributed by atoms with Crippen molar-refractivity contribution in [1.29, 1.82) is 0 Å². The van der Waals surface area contributed by atoms with Crippen LogP contribution in [0.15, 0.2) is 24.3 Å². The van der Waals surface area contributed by atoms with Crippen molar-refractivity contribution in [3.8, 4) is 0 Å². The molecule has 6 nitrogen and oxygen atoms in total. The molecule has 0 saturated carbocycles. The molecule has 0 rings (SSSR count). The maximum absolute atomic E-state index is 10.7. The molecular weight excluding hydrogens is 221 g/mol. The first-order valence-corrected chi connectivity index (χ1v) is 5.89. The third kappa shape index (κ3) is 7.04. The molecule has 0 aromatic rings. The monoisotopic (exact) mass is 235 g/mol. The minimum Gasteiger partial charge on any atom is -0.480 e. The van der Waals surface area contributed by atoms with Gasteiger partial charge < -0.3 is 20.6 Å². The van der Waals surface area contributed by atoms with Crippen molar-refractivity contribution >= 4 is 13.6 Å². The Balaban J connectivity index is 4.72. The lowest BCUT2D eigenvalue weighted by Crippen LogP contribution is -2.28. The summed E-state index contributed by atoms with van der Waals surface area (Å²) in [7, 11) is -4.20. The number of hydrogen-bond acceptors (Lipinski definition) is 3. The molecule has 0 saturated heterocycles. The van der Waals surface area contributed by atoms with Crippen LogP contribution in [0.3, 0.4) is 0 Å². The lowest BCUT2D eigenvalue weighted by molar-refractivity contribution is -0.137. The van der Waals surface area contributed by atoms with Crippen LogP contribution in [-0.4, -0.2) is 33.1 Å². The minimum absolute atomic E-state index is 0.200. The number of aliphatic carboxylic acids is 1. The van der Waals surface area contributed by atoms with Crippen molar-refractivity contribution < 1.29 is 24.3 Å². The standard InChI is InChI=1S/C8H14NO5P/c1-2-3-6(5-15(12,13)14)4-7(9)8(10)11/h2,4,7H,1,3,5,9H2,(H,10,11)(H2,12,13,14)/b6-4-. The fourth-order valence-electron chi connectivity index (χ4n) is 0.960. The van der Waals surface area contributed by atoms with Crippen molar-refractivity contribution in [1.82, 2.24) is 0 Å². The highest BCUT2D eigenvalue weighted by molar-refractivity contribution is 7.52. The van der Waals surface area contributed by atoms with E-state index in [0.717, 1.165) is 6.08 Å². The van der Waals surface area contributed by atoms with Gasteiger partial charge in [0.1, 0.15) is 6.04 Å². The molecule has 0 aromatic carbocycles. The van der Waals surface area contributed by atoms with Crippen molar-refractivity contribution in [2.45, 2.75) is 12.5 Å². The summed E-state index contributed by atoms with van der Waals surface area (Å²) in [5.74, 6) is -1.25. The summed E-state index contributed by atoms with van der Waals surface area (Å²) < 4.78 is 10.7. The minimum atomic E-state index is -4.20. The second-order valence-corrected chi connectivity index (χ2v) is 4.65. The van der Waals surface area contributed by atoms with E-state index in [2.05, 4.69) is 6.58 Å². The fourth-order valence-corrected chi connectivity index (χ4v) is 1.72. The van der Waals surface area contributed by atoms with Gasteiger partial charge in [-0.1, -0.05) is 17.7 Å². The van der Waals surface area contributed by atoms with E-state index in [1.807, 2.05) is 0 Å². The van der Waals surface area contributed by atoms with Gasteiger partial charge in [-0.25, -0.2) is 0 Å². The predicted octanol–water partition coefficient (Wildman–Crippen LogP) is 0.0785. The molecule has 1 unspecified atom stereocenters. The van der Waals surface area contributed by atoms with Crippen molar-refractivity contribution in [2.24, 2.45) is 5.73 Å². The van der Waals surface area contributed by atoms with E-state index in [4.69, 9.17) is 20.6 Å². The number of rotatable bonds is 6. The normalized spacial score (nSPS) is 14.7. The van der Waals surface area contributed by atoms with Crippen LogP contribution in [0.25, 0.3) is 0 Å². The Morgan fingerprint density at radius 1 is 1.53 bits per heavy atom. The largest absolute Gasteiger partial charge is 0.480 e. The lowest BCUT2D eigenvalue weighted by Gasteiger charge is -2.08. The zero-order valence-electron chi connectivity index (χ0n) is 8.04. The van der Waals surface area contributed by atoms with Gasteiger partial charge in [0.15, 0.2) is 0 Å². The quantitative estimate of drug-likeness (QED) is 0.382. The van der Waals surface area contributed by atoms with Gasteiger partial charge >= 0.3 is 13.6 Å². The summed E-state index contributed by atoms with van der Waals surface area (Å²) in [6, 6.07) is -1.26. The Labute approximate surface area is 87.3 Å². The Morgan fingerprint density at radius 3 is 2.40 bits per heavy atom. The summed E-state index contributed by atoms with van der Waals surface area (Å²) in [4.78, 5) is 27.8. The van der Waals surface area contributed by atoms with E-state index in [-0.39, 0.29) is 12.0 Å². The summed E-state index contributed by atoms with van der Waals surface area (Å²) in [6.07, 6.45) is 2.26. The van der Waals surface area contributed by atoms with Crippen molar-refractivity contribution in [2.75, 3.05) is 6.16 Å². The number of carboxylic acids is 1. The van der Waals surface area contributed by atoms with E-state index >= 15 is 0 Å². The van der Waals surface area contributed by atoms with Crippen LogP contribution in [0, 0.1) is 0 Å². The van der Waals surface area contributed by atoms with Gasteiger partial charge in [-0.15, -0.1) is 6.58 Å². The van der Waals surface area contributed by atoms with Crippen LogP contribution >= 0.6 is 7.60 Å². The van der Waals surface area contributed by atoms with Gasteiger partial charge in [-0.3, -0.25) is 9.36 Å². The summed E-state index contributed by atoms with van der Waals surface area (Å²) in [6.45, 7) is 3.40. The van der Waals surface area contributed by atoms with Crippen LogP contribution in [0.5, 0.6) is 0 Å². The Kier molecular flexibility index (Phi) is 5.46. The average molecular weight is 235 g/mol. The van der Waals surface area contributed by atoms with Crippen LogP contribution in [0.1, 0.15) is 6.42 Å². The van der Waals surface area contributed by atoms with Crippen LogP contribution < -0.4 is 5.73 Å². The number of carboxylic acid groups (broad SMARTS) is 1. The lowest BCUT2D eigenvalue weighted by atomic mass is 10.1. The first-order valence-electron chi connectivity index (χ1n) is 4.09. The number of nitrogens with two attached hydrogens (primary N) is 1. The van der Waals surface area contributed by atoms with Gasteiger partial charge in [0.25, 0.3) is 0 Å². The molecule has 1 atom stereocenters. The molecule has 0 amide bonds. The van der Waals surface area contributed by atoms with Crippen molar-refractivity contribution in [3.05, 3.63) is 24.3 Å². The molecule has 0 fully saturated rings. The van der Waals surface area contributed by atoms with E-state index in [0.29, 0.717) is 0 Å². The van der Waals surface area contributed by atoms with Crippen LogP contribution in [-0.2, 0) is 9.36 Å². The Bertz CT molecular complexity index is 319. The first-order chi connectivity index (χ1) is 6.76. The second kappa shape index (κ2) is 5.82. The fraction of sp³-hybridized carbons (Fsp3) is 0.375. The molecule has 0 spiro atoms. The third-order valence-corrected chi connectivity index (χ3v) is 2.33. The Morgan fingerprint density at radius 2 is 2.07 bits per heavy atom. The number of allylic oxidation sites excluding steroid dienone is 2. The Hall–Kier alpha value is -0.940. The highest BCUT2D eigenvalue weighted by Crippen LogP contribution is 2.37. The molecule has 0 aromatic heterocycles. The number of hydrogen-bond donors (Lipinski definition) is 4. The molecule has 0 aliphatic rings. The first kappa shape index (κ1) is 14.1. The summed E-state index contributed by atoms with van der Waals surface area (Å²) >= 11 is 0. The topological polar surface area (TPSA) is 121 Å². The maximum atomic E-state index is 10.7. The zero-order chi connectivity index (χ0) is 12.1. The smallest absolute Gasteiger partial charge is 0.329 e. The van der Waals surface area contributed by atoms with Gasteiger partial charge in [0, 0.05) is 0 Å². The van der Waals surface area contributed by atoms with Gasteiger partial charge in [-0.2, -0.15) is 0 Å². The van der Waals surface area contributed by atoms with E-state index in [1.54, 1.807) is 0 Å². The van der Waals surface area contributed by atoms with E-state index in [9.17, 15) is 9.36 Å². The maximum Gasteiger partial charge on any atom is 0.329 e. The SMILES string of the molecule is C=CC/C(=C/C(N)C(=O)O)CP(=O)(O)O. The molecule has 0 radical (unpaired) electrons. The predicted molar refractivity (Wildman–Crippen MR) is 55.4 cm³/mol. The molecule has 0 heterocycles. The van der Waals surface area contributed by atoms with Crippen LogP contribution in [0.4, 0.5) is 0 Å². The molecule has 5 N–H and O–H groups in total. The van der Waals surface area contributed by atoms with Gasteiger partial charge in [0.2, 0.25) is 0 Å². The van der Waals surface area contributed by atoms with E-state index < -0.39 is 25.8 Å². The third-order valence-electron chi connectivity index (χ3n) is 1.52. The zero-order valence-corrected chi connectivity index (χ0v) is 8.93. The average Bonchev–Trinajstić information content (AvgIpc) is 2.00. The molecule has 0 aliphatic heterocycles. The molecule has 7 heteroatoms. The van der Waals surface area contributed by atoms with Gasteiger partial charge in [0.05, 0.1) is 6.16 Å². The van der Waals surface area contributed by atoms with E-state index in [1.165, 1.54) is 6.08 Å². The molecule has 86 valence electrons. The number of carbonyl (C=O) groups is 1. The molecule has 15 heavy (non-hydrogen) atoms. The summed E-state index contributed by atoms with van der Waals surface area (Å²) in [5, 5.41) is 8.51. The molecular formula is C8H14NO5P. The molecule has 0 aliphatic carbocycles. The van der Waals surface area contributed by atoms with Crippen LogP contribution in [0.2, 0.25) is 0 Å². The van der Waals surface area contributed by atoms with Gasteiger partial charge in [-0.05, 0) is 6.42 Å².